The number of hydrogen-bond acceptors (Lipinski definition) is 4. The Bertz CT molecular complexity index is 200. The molecule has 0 aliphatic heterocycles. The van der Waals surface area contributed by atoms with E-state index in [1.807, 2.05) is 13.8 Å². The van der Waals surface area contributed by atoms with Crippen LogP contribution in [0.25, 0.3) is 12.3 Å². The summed E-state index contributed by atoms with van der Waals surface area (Å²) in [5.41, 5.74) is 0. The van der Waals surface area contributed by atoms with Crippen LogP contribution in [0.1, 0.15) is 13.8 Å². The molecule has 0 radical (unpaired) electrons. The van der Waals surface area contributed by atoms with Crippen LogP contribution < -0.4 is 0 Å². The SMILES string of the molecule is CCN(C)CC(=O)O.CCN(C)CC(=O)O.O.[Fe+4].[NH2-].[NH2-]. The first-order valence-corrected chi connectivity index (χ1v) is 5.14. The molecule has 0 atom stereocenters. The van der Waals surface area contributed by atoms with Gasteiger partial charge in [-0.1, -0.05) is 13.8 Å². The van der Waals surface area contributed by atoms with Gasteiger partial charge in [0.15, 0.2) is 0 Å². The Hall–Kier alpha value is -0.741. The molecule has 0 unspecified atom stereocenters. The van der Waals surface area contributed by atoms with Crippen LogP contribution in [-0.2, 0) is 26.7 Å². The molecule has 0 heterocycles. The summed E-state index contributed by atoms with van der Waals surface area (Å²) in [7, 11) is 3.54. The minimum absolute atomic E-state index is 0. The van der Waals surface area contributed by atoms with Crippen LogP contribution >= 0.6 is 0 Å². The number of nitrogens with zero attached hydrogens (tertiary/aromatic N) is 2. The summed E-state index contributed by atoms with van der Waals surface area (Å²) in [4.78, 5) is 23.3. The second-order valence-corrected chi connectivity index (χ2v) is 3.45. The molecule has 0 aromatic heterocycles. The summed E-state index contributed by atoms with van der Waals surface area (Å²) in [5.74, 6) is -1.54. The van der Waals surface area contributed by atoms with Gasteiger partial charge in [-0.2, -0.15) is 0 Å². The van der Waals surface area contributed by atoms with Crippen molar-refractivity contribution in [3.05, 3.63) is 12.3 Å². The topological polar surface area (TPSA) is 180 Å². The predicted molar refractivity (Wildman–Crippen MR) is 75.8 cm³/mol. The van der Waals surface area contributed by atoms with E-state index in [0.29, 0.717) is 0 Å². The quantitative estimate of drug-likeness (QED) is 0.669. The minimum atomic E-state index is -0.769. The standard InChI is InChI=1S/2C5H11NO2.Fe.2H2N.H2O/c2*1-3-6(2)4-5(7)8;;;;/h2*3-4H2,1-2H3,(H,7,8);;3*1H2/q;;+4;2*-1;. The monoisotopic (exact) mass is 340 g/mol. The van der Waals surface area contributed by atoms with Gasteiger partial charge < -0.3 is 28.0 Å². The summed E-state index contributed by atoms with van der Waals surface area (Å²) >= 11 is 0. The van der Waals surface area contributed by atoms with E-state index in [2.05, 4.69) is 0 Å². The van der Waals surface area contributed by atoms with Gasteiger partial charge in [-0.25, -0.2) is 0 Å². The van der Waals surface area contributed by atoms with Gasteiger partial charge in [-0.15, -0.1) is 0 Å². The number of carboxylic acid groups (broad SMARTS) is 2. The molecule has 0 saturated heterocycles. The zero-order valence-electron chi connectivity index (χ0n) is 12.4. The molecule has 20 heavy (non-hydrogen) atoms. The first-order valence-electron chi connectivity index (χ1n) is 5.14. The molecule has 0 saturated carbocycles. The van der Waals surface area contributed by atoms with Crippen LogP contribution in [0.4, 0.5) is 0 Å². The van der Waals surface area contributed by atoms with E-state index < -0.39 is 11.9 Å². The fourth-order valence-corrected chi connectivity index (χ4v) is 0.685. The Morgan fingerprint density at radius 3 is 1.10 bits per heavy atom. The van der Waals surface area contributed by atoms with Crippen LogP contribution in [-0.4, -0.2) is 77.7 Å². The average molecular weight is 340 g/mol. The van der Waals surface area contributed by atoms with Crippen LogP contribution in [0.5, 0.6) is 0 Å². The van der Waals surface area contributed by atoms with E-state index in [-0.39, 0.29) is 47.9 Å². The Balaban J connectivity index is -0.0000000408. The first-order chi connectivity index (χ1) is 7.33. The number of carboxylic acids is 2. The fourth-order valence-electron chi connectivity index (χ4n) is 0.685. The van der Waals surface area contributed by atoms with Gasteiger partial charge in [-0.3, -0.25) is 19.4 Å². The van der Waals surface area contributed by atoms with Crippen molar-refractivity contribution in [1.82, 2.24) is 9.80 Å². The maximum Gasteiger partial charge on any atom is 4.00 e. The van der Waals surface area contributed by atoms with Crippen LogP contribution in [0.3, 0.4) is 0 Å². The van der Waals surface area contributed by atoms with E-state index >= 15 is 0 Å². The third kappa shape index (κ3) is 36.0. The Morgan fingerprint density at radius 1 is 0.850 bits per heavy atom. The van der Waals surface area contributed by atoms with Gasteiger partial charge >= 0.3 is 29.0 Å². The van der Waals surface area contributed by atoms with Crippen molar-refractivity contribution in [3.63, 3.8) is 0 Å². The van der Waals surface area contributed by atoms with E-state index in [0.717, 1.165) is 13.1 Å². The van der Waals surface area contributed by atoms with Crippen molar-refractivity contribution < 1.29 is 42.3 Å². The molecule has 0 fully saturated rings. The molecule has 0 spiro atoms. The fraction of sp³-hybridized carbons (Fsp3) is 0.800. The van der Waals surface area contributed by atoms with Crippen molar-refractivity contribution in [3.8, 4) is 0 Å². The smallest absolute Gasteiger partial charge is 0.693 e. The summed E-state index contributed by atoms with van der Waals surface area (Å²) in [6.45, 7) is 5.68. The van der Waals surface area contributed by atoms with Crippen molar-refractivity contribution in [2.75, 3.05) is 40.3 Å². The molecule has 0 aromatic carbocycles. The Morgan fingerprint density at radius 2 is 1.05 bits per heavy atom. The third-order valence-corrected chi connectivity index (χ3v) is 1.89. The minimum Gasteiger partial charge on any atom is -0.693 e. The third-order valence-electron chi connectivity index (χ3n) is 1.89. The summed E-state index contributed by atoms with van der Waals surface area (Å²) in [5, 5.41) is 16.3. The molecule has 10 heteroatoms. The van der Waals surface area contributed by atoms with E-state index in [1.165, 1.54) is 0 Å². The molecule has 0 aliphatic rings. The van der Waals surface area contributed by atoms with Gasteiger partial charge in [0.2, 0.25) is 0 Å². The van der Waals surface area contributed by atoms with E-state index in [9.17, 15) is 9.59 Å². The van der Waals surface area contributed by atoms with Crippen molar-refractivity contribution in [1.29, 1.82) is 0 Å². The number of aliphatic carboxylic acids is 2. The second-order valence-electron chi connectivity index (χ2n) is 3.45. The molecule has 0 aromatic rings. The molecule has 0 rings (SSSR count). The normalized spacial score (nSPS) is 7.90. The Labute approximate surface area is 131 Å². The van der Waals surface area contributed by atoms with Gasteiger partial charge in [0, 0.05) is 0 Å². The van der Waals surface area contributed by atoms with Gasteiger partial charge in [-0.05, 0) is 27.2 Å². The van der Waals surface area contributed by atoms with Crippen molar-refractivity contribution in [2.24, 2.45) is 0 Å². The maximum atomic E-state index is 9.93. The molecular formula is C10H28FeN4O5+2. The molecule has 8 N–H and O–H groups in total. The molecule has 124 valence electrons. The van der Waals surface area contributed by atoms with Crippen LogP contribution in [0, 0.1) is 0 Å². The molecular weight excluding hydrogens is 312 g/mol. The summed E-state index contributed by atoms with van der Waals surface area (Å²) in [6, 6.07) is 0. The number of nitrogens with two attached hydrogens (primary N) is 2. The zero-order chi connectivity index (χ0) is 13.1. The summed E-state index contributed by atoms with van der Waals surface area (Å²) < 4.78 is 0. The van der Waals surface area contributed by atoms with Gasteiger partial charge in [0.25, 0.3) is 0 Å². The molecule has 0 amide bonds. The van der Waals surface area contributed by atoms with Gasteiger partial charge in [0.1, 0.15) is 0 Å². The second kappa shape index (κ2) is 23.4. The van der Waals surface area contributed by atoms with Crippen LogP contribution in [0.2, 0.25) is 0 Å². The zero-order valence-corrected chi connectivity index (χ0v) is 13.5. The molecule has 9 nitrogen and oxygen atoms in total. The summed E-state index contributed by atoms with van der Waals surface area (Å²) in [6.07, 6.45) is 0. The molecule has 0 bridgehead atoms. The number of rotatable bonds is 6. The van der Waals surface area contributed by atoms with Crippen LogP contribution in [0.15, 0.2) is 0 Å². The number of hydrogen-bond donors (Lipinski definition) is 2. The van der Waals surface area contributed by atoms with E-state index in [1.54, 1.807) is 23.9 Å². The van der Waals surface area contributed by atoms with Crippen molar-refractivity contribution in [2.45, 2.75) is 13.8 Å². The predicted octanol–water partition coefficient (Wildman–Crippen LogP) is 0.652. The van der Waals surface area contributed by atoms with E-state index in [4.69, 9.17) is 10.2 Å². The maximum absolute atomic E-state index is 9.93. The average Bonchev–Trinajstić information content (AvgIpc) is 2.16. The number of likely N-dealkylation sites (N-methyl/N-ethyl adjacent to an activating group) is 2. The first kappa shape index (κ1) is 36.5. The van der Waals surface area contributed by atoms with Gasteiger partial charge in [0.05, 0.1) is 13.1 Å². The largest absolute Gasteiger partial charge is 4.00 e. The molecule has 0 aliphatic carbocycles. The number of carbonyl (C=O) groups is 2. The van der Waals surface area contributed by atoms with Crippen molar-refractivity contribution >= 4 is 11.9 Å². The Kier molecular flexibility index (Phi) is 42.7.